The fourth-order valence-electron chi connectivity index (χ4n) is 3.43. The molecular formula is C24H23N3O4S. The summed E-state index contributed by atoms with van der Waals surface area (Å²) in [5, 5.41) is 24.1. The summed E-state index contributed by atoms with van der Waals surface area (Å²) in [6, 6.07) is 10.8. The molecule has 0 atom stereocenters. The standard InChI is InChI=1S/C24H23N3O4S/c1-24(2,3)21(29)18-19(15-9-5-6-10-17(15)31-4)27(22(30)20(18)28)23-26-16(13-32-23)14-8-7-11-25-12-14/h5-13,28,30H,1-4H3. The van der Waals surface area contributed by atoms with Gasteiger partial charge in [-0.3, -0.25) is 14.3 Å². The molecule has 0 aliphatic carbocycles. The molecule has 3 heterocycles. The molecule has 0 unspecified atom stereocenters. The maximum atomic E-state index is 13.4. The van der Waals surface area contributed by atoms with E-state index in [0.29, 0.717) is 27.8 Å². The van der Waals surface area contributed by atoms with Crippen LogP contribution < -0.4 is 4.74 Å². The third-order valence-corrected chi connectivity index (χ3v) is 5.86. The van der Waals surface area contributed by atoms with Crippen LogP contribution in [0.4, 0.5) is 0 Å². The molecule has 4 aromatic rings. The summed E-state index contributed by atoms with van der Waals surface area (Å²) in [6.45, 7) is 5.29. The molecule has 1 aromatic carbocycles. The molecule has 32 heavy (non-hydrogen) atoms. The average molecular weight is 450 g/mol. The van der Waals surface area contributed by atoms with E-state index in [2.05, 4.69) is 9.97 Å². The predicted octanol–water partition coefficient (Wildman–Crippen LogP) is 5.31. The number of nitrogens with zero attached hydrogens (tertiary/aromatic N) is 3. The molecule has 8 heteroatoms. The van der Waals surface area contributed by atoms with Crippen molar-refractivity contribution in [1.82, 2.24) is 14.5 Å². The predicted molar refractivity (Wildman–Crippen MR) is 124 cm³/mol. The van der Waals surface area contributed by atoms with E-state index in [4.69, 9.17) is 4.74 Å². The van der Waals surface area contributed by atoms with Gasteiger partial charge in [0.1, 0.15) is 5.75 Å². The Morgan fingerprint density at radius 2 is 1.88 bits per heavy atom. The molecular weight excluding hydrogens is 426 g/mol. The number of benzene rings is 1. The molecule has 2 N–H and O–H groups in total. The maximum Gasteiger partial charge on any atom is 0.242 e. The highest BCUT2D eigenvalue weighted by atomic mass is 32.1. The Labute approximate surface area is 189 Å². The summed E-state index contributed by atoms with van der Waals surface area (Å²) in [7, 11) is 1.53. The first-order valence-corrected chi connectivity index (χ1v) is 10.8. The van der Waals surface area contributed by atoms with Gasteiger partial charge in [-0.2, -0.15) is 0 Å². The van der Waals surface area contributed by atoms with E-state index < -0.39 is 17.0 Å². The zero-order chi connectivity index (χ0) is 23.0. The second kappa shape index (κ2) is 8.12. The molecule has 3 aromatic heterocycles. The van der Waals surface area contributed by atoms with Crippen molar-refractivity contribution in [1.29, 1.82) is 0 Å². The molecule has 0 saturated heterocycles. The molecule has 0 aliphatic rings. The van der Waals surface area contributed by atoms with Gasteiger partial charge in [0.25, 0.3) is 0 Å². The molecule has 0 saturated carbocycles. The van der Waals surface area contributed by atoms with Crippen LogP contribution >= 0.6 is 11.3 Å². The third kappa shape index (κ3) is 3.62. The van der Waals surface area contributed by atoms with Gasteiger partial charge in [-0.15, -0.1) is 11.3 Å². The van der Waals surface area contributed by atoms with Crippen molar-refractivity contribution in [3.63, 3.8) is 0 Å². The summed E-state index contributed by atoms with van der Waals surface area (Å²) in [4.78, 5) is 22.1. The molecule has 4 rings (SSSR count). The van der Waals surface area contributed by atoms with E-state index >= 15 is 0 Å². The van der Waals surface area contributed by atoms with Crippen LogP contribution in [0.15, 0.2) is 54.2 Å². The lowest BCUT2D eigenvalue weighted by atomic mass is 9.85. The number of ketones is 1. The van der Waals surface area contributed by atoms with E-state index in [1.54, 1.807) is 51.4 Å². The van der Waals surface area contributed by atoms with Gasteiger partial charge >= 0.3 is 0 Å². The quantitative estimate of drug-likeness (QED) is 0.401. The van der Waals surface area contributed by atoms with Gasteiger partial charge in [-0.1, -0.05) is 32.9 Å². The number of aromatic hydroxyl groups is 2. The minimum atomic E-state index is -0.795. The van der Waals surface area contributed by atoms with Gasteiger partial charge in [0.15, 0.2) is 16.7 Å². The molecule has 7 nitrogen and oxygen atoms in total. The Bertz CT molecular complexity index is 1290. The number of hydrogen-bond donors (Lipinski definition) is 2. The number of hydrogen-bond acceptors (Lipinski definition) is 7. The van der Waals surface area contributed by atoms with Crippen LogP contribution in [0.5, 0.6) is 17.4 Å². The van der Waals surface area contributed by atoms with Crippen molar-refractivity contribution in [3.05, 3.63) is 59.7 Å². The van der Waals surface area contributed by atoms with Crippen LogP contribution in [-0.2, 0) is 0 Å². The first kappa shape index (κ1) is 21.6. The number of para-hydroxylation sites is 1. The monoisotopic (exact) mass is 449 g/mol. The van der Waals surface area contributed by atoms with Crippen molar-refractivity contribution in [2.45, 2.75) is 20.8 Å². The zero-order valence-corrected chi connectivity index (χ0v) is 19.0. The molecule has 0 spiro atoms. The minimum Gasteiger partial charge on any atom is -0.503 e. The largest absolute Gasteiger partial charge is 0.503 e. The van der Waals surface area contributed by atoms with E-state index in [-0.39, 0.29) is 11.3 Å². The first-order valence-electron chi connectivity index (χ1n) is 9.95. The van der Waals surface area contributed by atoms with Crippen molar-refractivity contribution in [3.8, 4) is 45.0 Å². The van der Waals surface area contributed by atoms with Gasteiger partial charge in [0.05, 0.1) is 24.1 Å². The molecule has 164 valence electrons. The number of pyridine rings is 1. The first-order chi connectivity index (χ1) is 15.2. The molecule has 0 bridgehead atoms. The van der Waals surface area contributed by atoms with E-state index in [9.17, 15) is 15.0 Å². The van der Waals surface area contributed by atoms with Crippen molar-refractivity contribution in [2.75, 3.05) is 7.11 Å². The Morgan fingerprint density at radius 3 is 2.53 bits per heavy atom. The number of rotatable bonds is 5. The van der Waals surface area contributed by atoms with Crippen LogP contribution in [0.2, 0.25) is 0 Å². The van der Waals surface area contributed by atoms with E-state index in [1.807, 2.05) is 23.6 Å². The number of carbonyl (C=O) groups excluding carboxylic acids is 1. The highest BCUT2D eigenvalue weighted by Gasteiger charge is 2.36. The summed E-state index contributed by atoms with van der Waals surface area (Å²) < 4.78 is 6.92. The highest BCUT2D eigenvalue weighted by Crippen LogP contribution is 2.48. The van der Waals surface area contributed by atoms with Crippen LogP contribution in [0.1, 0.15) is 31.1 Å². The topological polar surface area (TPSA) is 97.5 Å². The lowest BCUT2D eigenvalue weighted by Gasteiger charge is -2.18. The number of carbonyl (C=O) groups is 1. The zero-order valence-electron chi connectivity index (χ0n) is 18.2. The fourth-order valence-corrected chi connectivity index (χ4v) is 4.27. The molecule has 0 amide bonds. The van der Waals surface area contributed by atoms with Crippen LogP contribution in [-0.4, -0.2) is 37.6 Å². The Kier molecular flexibility index (Phi) is 5.48. The van der Waals surface area contributed by atoms with Crippen molar-refractivity contribution < 1.29 is 19.7 Å². The number of methoxy groups -OCH3 is 1. The smallest absolute Gasteiger partial charge is 0.242 e. The summed E-state index contributed by atoms with van der Waals surface area (Å²) in [6.07, 6.45) is 3.37. The second-order valence-corrected chi connectivity index (χ2v) is 9.10. The summed E-state index contributed by atoms with van der Waals surface area (Å²) in [5.74, 6) is -0.748. The normalized spacial score (nSPS) is 11.5. The minimum absolute atomic E-state index is 0.0256. The maximum absolute atomic E-state index is 13.4. The Balaban J connectivity index is 2.02. The number of aromatic nitrogens is 3. The van der Waals surface area contributed by atoms with Crippen LogP contribution in [0.3, 0.4) is 0 Å². The van der Waals surface area contributed by atoms with Gasteiger partial charge in [-0.05, 0) is 24.3 Å². The number of thiazole rings is 1. The second-order valence-electron chi connectivity index (χ2n) is 8.27. The van der Waals surface area contributed by atoms with Crippen molar-refractivity contribution >= 4 is 17.1 Å². The lowest BCUT2D eigenvalue weighted by Crippen LogP contribution is -2.21. The van der Waals surface area contributed by atoms with Gasteiger partial charge < -0.3 is 14.9 Å². The van der Waals surface area contributed by atoms with Crippen molar-refractivity contribution in [2.24, 2.45) is 5.41 Å². The molecule has 0 radical (unpaired) electrons. The SMILES string of the molecule is COc1ccccc1-c1c(C(=O)C(C)(C)C)c(O)c(O)n1-c1nc(-c2cccnc2)cs1. The van der Waals surface area contributed by atoms with E-state index in [0.717, 1.165) is 5.56 Å². The lowest BCUT2D eigenvalue weighted by molar-refractivity contribution is 0.0856. The summed E-state index contributed by atoms with van der Waals surface area (Å²) >= 11 is 1.28. The molecule has 0 aliphatic heterocycles. The Hall–Kier alpha value is -3.65. The van der Waals surface area contributed by atoms with Gasteiger partial charge in [-0.25, -0.2) is 4.98 Å². The highest BCUT2D eigenvalue weighted by molar-refractivity contribution is 7.12. The average Bonchev–Trinajstić information content (AvgIpc) is 3.36. The Morgan fingerprint density at radius 1 is 1.12 bits per heavy atom. The van der Waals surface area contributed by atoms with Crippen LogP contribution in [0, 0.1) is 5.41 Å². The van der Waals surface area contributed by atoms with Gasteiger partial charge in [0, 0.05) is 34.3 Å². The fraction of sp³-hybridized carbons (Fsp3) is 0.208. The summed E-state index contributed by atoms with van der Waals surface area (Å²) in [5.41, 5.74) is 1.59. The third-order valence-electron chi connectivity index (χ3n) is 5.03. The number of ether oxygens (including phenoxy) is 1. The number of Topliss-reactive ketones (excluding diaryl/α,β-unsaturated/α-hetero) is 1. The van der Waals surface area contributed by atoms with Gasteiger partial charge in [0.2, 0.25) is 5.88 Å². The van der Waals surface area contributed by atoms with Crippen LogP contribution in [0.25, 0.3) is 27.6 Å². The molecule has 0 fully saturated rings. The van der Waals surface area contributed by atoms with E-state index in [1.165, 1.54) is 23.0 Å².